The molecule has 0 aromatic heterocycles. The minimum Gasteiger partial charge on any atom is -0.370 e. The Morgan fingerprint density at radius 1 is 1.17 bits per heavy atom. The second-order valence-electron chi connectivity index (χ2n) is 7.38. The first-order chi connectivity index (χ1) is 13.8. The first-order valence-electron chi connectivity index (χ1n) is 9.97. The molecule has 1 rings (SSSR count). The summed E-state index contributed by atoms with van der Waals surface area (Å²) < 4.78 is 0. The van der Waals surface area contributed by atoms with Gasteiger partial charge in [-0.25, -0.2) is 0 Å². The van der Waals surface area contributed by atoms with Crippen molar-refractivity contribution in [2.24, 2.45) is 5.73 Å². The fourth-order valence-electron chi connectivity index (χ4n) is 2.64. The molecule has 162 valence electrons. The lowest BCUT2D eigenvalue weighted by atomic mass is 10.1. The Morgan fingerprint density at radius 3 is 2.62 bits per heavy atom. The molecule has 1 aliphatic heterocycles. The average Bonchev–Trinajstić information content (AvgIpc) is 2.72. The molecule has 1 aliphatic rings. The monoisotopic (exact) mass is 422 g/mol. The highest BCUT2D eigenvalue weighted by atomic mass is 32.2. The van der Waals surface area contributed by atoms with Gasteiger partial charge in [0.2, 0.25) is 11.8 Å². The molecule has 7 nitrogen and oxygen atoms in total. The van der Waals surface area contributed by atoms with Crippen LogP contribution in [-0.2, 0) is 14.4 Å². The van der Waals surface area contributed by atoms with Crippen LogP contribution >= 0.6 is 11.8 Å². The number of nitrogens with one attached hydrogen (secondary N) is 3. The van der Waals surface area contributed by atoms with E-state index in [0.717, 1.165) is 37.1 Å². The van der Waals surface area contributed by atoms with E-state index in [4.69, 9.17) is 5.73 Å². The van der Waals surface area contributed by atoms with E-state index in [-0.39, 0.29) is 24.7 Å². The SMILES string of the molecule is CC(C)=CCC/C(C)=C/CC/C1=C/CSC[C@H](NC(=O)CCC(N)=O)C(=O)NN1. The number of amides is 3. The number of carbonyl (C=O) groups excluding carboxylic acids is 3. The van der Waals surface area contributed by atoms with Crippen LogP contribution in [0.3, 0.4) is 0 Å². The maximum Gasteiger partial charge on any atom is 0.261 e. The minimum atomic E-state index is -0.655. The van der Waals surface area contributed by atoms with Gasteiger partial charge in [-0.2, -0.15) is 11.8 Å². The van der Waals surface area contributed by atoms with Gasteiger partial charge in [0, 0.05) is 30.0 Å². The normalized spacial score (nSPS) is 19.4. The number of hydrogen-bond acceptors (Lipinski definition) is 5. The van der Waals surface area contributed by atoms with Crippen molar-refractivity contribution in [3.8, 4) is 0 Å². The second-order valence-corrected chi connectivity index (χ2v) is 8.45. The molecule has 0 saturated carbocycles. The molecule has 3 amide bonds. The lowest BCUT2D eigenvalue weighted by Gasteiger charge is -2.18. The molecular formula is C21H34N4O3S. The number of nitrogens with two attached hydrogens (primary N) is 1. The summed E-state index contributed by atoms with van der Waals surface area (Å²) >= 11 is 1.57. The van der Waals surface area contributed by atoms with E-state index in [2.05, 4.69) is 55.2 Å². The van der Waals surface area contributed by atoms with Crippen molar-refractivity contribution in [3.05, 3.63) is 35.1 Å². The van der Waals surface area contributed by atoms with Gasteiger partial charge in [0.1, 0.15) is 6.04 Å². The Morgan fingerprint density at radius 2 is 1.93 bits per heavy atom. The Hall–Kier alpha value is -2.22. The van der Waals surface area contributed by atoms with E-state index in [9.17, 15) is 14.4 Å². The fraction of sp³-hybridized carbons (Fsp3) is 0.571. The Bertz CT molecular complexity index is 667. The van der Waals surface area contributed by atoms with Crippen LogP contribution in [0.15, 0.2) is 35.1 Å². The van der Waals surface area contributed by atoms with Gasteiger partial charge in [0.05, 0.1) is 0 Å². The molecule has 0 saturated heterocycles. The number of carbonyl (C=O) groups is 3. The third-order valence-corrected chi connectivity index (χ3v) is 5.30. The van der Waals surface area contributed by atoms with Crippen molar-refractivity contribution in [3.63, 3.8) is 0 Å². The molecule has 0 aromatic carbocycles. The lowest BCUT2D eigenvalue weighted by Crippen LogP contribution is -2.51. The number of hydrazine groups is 1. The van der Waals surface area contributed by atoms with Crippen LogP contribution in [0.2, 0.25) is 0 Å². The predicted molar refractivity (Wildman–Crippen MR) is 119 cm³/mol. The highest BCUT2D eigenvalue weighted by Crippen LogP contribution is 2.13. The van der Waals surface area contributed by atoms with Gasteiger partial charge in [0.15, 0.2) is 0 Å². The number of thioether (sulfide) groups is 1. The standard InChI is InChI=1S/C21H34N4O3S/c1-15(2)6-4-7-16(3)8-5-9-17-12-13-29-14-18(21(28)25-24-17)23-20(27)11-10-19(22)26/h6,8,12,18,24H,4-5,7,9-11,13-14H2,1-3H3,(H2,22,26)(H,23,27)(H,25,28)/b16-8+,17-12-/t18-/m0/s1. The molecule has 0 bridgehead atoms. The van der Waals surface area contributed by atoms with Gasteiger partial charge >= 0.3 is 0 Å². The molecule has 8 heteroatoms. The van der Waals surface area contributed by atoms with Gasteiger partial charge in [-0.1, -0.05) is 29.4 Å². The summed E-state index contributed by atoms with van der Waals surface area (Å²) in [7, 11) is 0. The van der Waals surface area contributed by atoms with Crippen LogP contribution in [0.4, 0.5) is 0 Å². The number of primary amides is 1. The molecule has 1 atom stereocenters. The minimum absolute atomic E-state index is 0.0139. The highest BCUT2D eigenvalue weighted by Gasteiger charge is 2.21. The van der Waals surface area contributed by atoms with Crippen LogP contribution in [-0.4, -0.2) is 35.3 Å². The van der Waals surface area contributed by atoms with E-state index in [1.165, 1.54) is 11.1 Å². The number of allylic oxidation sites excluding steroid dienone is 5. The van der Waals surface area contributed by atoms with E-state index in [1.807, 2.05) is 0 Å². The molecule has 29 heavy (non-hydrogen) atoms. The largest absolute Gasteiger partial charge is 0.370 e. The zero-order valence-corrected chi connectivity index (χ0v) is 18.5. The summed E-state index contributed by atoms with van der Waals surface area (Å²) in [6.45, 7) is 6.36. The summed E-state index contributed by atoms with van der Waals surface area (Å²) in [6.07, 6.45) is 10.3. The fourth-order valence-corrected chi connectivity index (χ4v) is 3.57. The maximum absolute atomic E-state index is 12.4. The van der Waals surface area contributed by atoms with Gasteiger partial charge in [-0.3, -0.25) is 19.8 Å². The van der Waals surface area contributed by atoms with Crippen LogP contribution in [0.1, 0.15) is 59.3 Å². The van der Waals surface area contributed by atoms with Gasteiger partial charge in [-0.05, 0) is 46.5 Å². The maximum atomic E-state index is 12.4. The zero-order valence-electron chi connectivity index (χ0n) is 17.7. The van der Waals surface area contributed by atoms with E-state index in [0.29, 0.717) is 5.75 Å². The Labute approximate surface area is 178 Å². The molecule has 0 aliphatic carbocycles. The number of rotatable bonds is 10. The van der Waals surface area contributed by atoms with Crippen LogP contribution in [0.25, 0.3) is 0 Å². The third kappa shape index (κ3) is 12.1. The van der Waals surface area contributed by atoms with Crippen molar-refractivity contribution in [1.82, 2.24) is 16.2 Å². The zero-order chi connectivity index (χ0) is 21.6. The van der Waals surface area contributed by atoms with Crippen molar-refractivity contribution < 1.29 is 14.4 Å². The molecule has 0 aromatic rings. The van der Waals surface area contributed by atoms with Crippen molar-refractivity contribution in [2.75, 3.05) is 11.5 Å². The van der Waals surface area contributed by atoms with Crippen LogP contribution in [0.5, 0.6) is 0 Å². The van der Waals surface area contributed by atoms with E-state index >= 15 is 0 Å². The summed E-state index contributed by atoms with van der Waals surface area (Å²) in [4.78, 5) is 35.0. The highest BCUT2D eigenvalue weighted by molar-refractivity contribution is 7.99. The summed E-state index contributed by atoms with van der Waals surface area (Å²) in [5.41, 5.74) is 14.4. The van der Waals surface area contributed by atoms with E-state index < -0.39 is 11.9 Å². The quantitative estimate of drug-likeness (QED) is 0.404. The Balaban J connectivity index is 2.46. The average molecular weight is 423 g/mol. The van der Waals surface area contributed by atoms with Crippen LogP contribution < -0.4 is 21.9 Å². The summed E-state index contributed by atoms with van der Waals surface area (Å²) in [6, 6.07) is -0.655. The third-order valence-electron chi connectivity index (χ3n) is 4.33. The van der Waals surface area contributed by atoms with Gasteiger partial charge in [-0.15, -0.1) is 0 Å². The smallest absolute Gasteiger partial charge is 0.261 e. The van der Waals surface area contributed by atoms with Gasteiger partial charge < -0.3 is 16.5 Å². The van der Waals surface area contributed by atoms with E-state index in [1.54, 1.807) is 11.8 Å². The molecular weight excluding hydrogens is 388 g/mol. The van der Waals surface area contributed by atoms with Crippen molar-refractivity contribution in [1.29, 1.82) is 0 Å². The molecule has 0 radical (unpaired) electrons. The molecule has 0 spiro atoms. The molecule has 0 unspecified atom stereocenters. The summed E-state index contributed by atoms with van der Waals surface area (Å²) in [5, 5.41) is 2.66. The van der Waals surface area contributed by atoms with Crippen LogP contribution in [0, 0.1) is 0 Å². The molecule has 0 fully saturated rings. The first kappa shape index (κ1) is 24.8. The van der Waals surface area contributed by atoms with Gasteiger partial charge in [0.25, 0.3) is 5.91 Å². The first-order valence-corrected chi connectivity index (χ1v) is 11.1. The van der Waals surface area contributed by atoms with Crippen molar-refractivity contribution in [2.45, 2.75) is 65.3 Å². The topological polar surface area (TPSA) is 113 Å². The van der Waals surface area contributed by atoms with Crippen molar-refractivity contribution >= 4 is 29.5 Å². The molecule has 1 heterocycles. The second kappa shape index (κ2) is 13.9. The predicted octanol–water partition coefficient (Wildman–Crippen LogP) is 2.46. The summed E-state index contributed by atoms with van der Waals surface area (Å²) in [5.74, 6) is 0.0130. The lowest BCUT2D eigenvalue weighted by molar-refractivity contribution is -0.129. The number of hydrogen-bond donors (Lipinski definition) is 4. The Kier molecular flexibility index (Phi) is 11.9. The molecule has 5 N–H and O–H groups in total.